The van der Waals surface area contributed by atoms with Crippen molar-refractivity contribution in [3.05, 3.63) is 34.0 Å². The van der Waals surface area contributed by atoms with Crippen LogP contribution in [-0.2, 0) is 0 Å². The summed E-state index contributed by atoms with van der Waals surface area (Å²) in [6.07, 6.45) is 0. The third-order valence-corrected chi connectivity index (χ3v) is 3.83. The highest BCUT2D eigenvalue weighted by atomic mass is 35.5. The molecule has 1 N–H and O–H groups in total. The van der Waals surface area contributed by atoms with Crippen molar-refractivity contribution in [3.8, 4) is 0 Å². The molecule has 0 unspecified atom stereocenters. The first-order chi connectivity index (χ1) is 8.95. The lowest BCUT2D eigenvalue weighted by Gasteiger charge is -2.19. The molecular formula is C16H21ClN2. The lowest BCUT2D eigenvalue weighted by Crippen LogP contribution is -2.07. The van der Waals surface area contributed by atoms with Gasteiger partial charge in [-0.15, -0.1) is 0 Å². The average Bonchev–Trinajstić information content (AvgIpc) is 2.31. The molecule has 0 radical (unpaired) electrons. The molecule has 1 heterocycles. The van der Waals surface area contributed by atoms with E-state index in [4.69, 9.17) is 16.6 Å². The first kappa shape index (κ1) is 14.1. The summed E-state index contributed by atoms with van der Waals surface area (Å²) in [5.74, 6) is 0.446. The van der Waals surface area contributed by atoms with Gasteiger partial charge in [-0.05, 0) is 49.9 Å². The van der Waals surface area contributed by atoms with Crippen LogP contribution in [0.15, 0.2) is 12.1 Å². The van der Waals surface area contributed by atoms with Crippen LogP contribution in [0.5, 0.6) is 0 Å². The summed E-state index contributed by atoms with van der Waals surface area (Å²) in [5.41, 5.74) is 5.65. The molecule has 0 saturated heterocycles. The largest absolute Gasteiger partial charge is 0.384 e. The molecule has 0 aliphatic rings. The number of aryl methyl sites for hydroxylation is 2. The zero-order valence-corrected chi connectivity index (χ0v) is 13.0. The van der Waals surface area contributed by atoms with E-state index in [0.717, 1.165) is 33.7 Å². The highest BCUT2D eigenvalue weighted by Gasteiger charge is 2.15. The highest BCUT2D eigenvalue weighted by molar-refractivity contribution is 6.32. The number of nitrogens with zero attached hydrogens (tertiary/aromatic N) is 1. The second-order valence-electron chi connectivity index (χ2n) is 5.29. The van der Waals surface area contributed by atoms with Gasteiger partial charge in [0.1, 0.15) is 0 Å². The van der Waals surface area contributed by atoms with E-state index in [1.54, 1.807) is 0 Å². The second kappa shape index (κ2) is 5.38. The first-order valence-electron chi connectivity index (χ1n) is 6.79. The van der Waals surface area contributed by atoms with Gasteiger partial charge in [-0.1, -0.05) is 25.4 Å². The summed E-state index contributed by atoms with van der Waals surface area (Å²) in [7, 11) is 0. The topological polar surface area (TPSA) is 24.9 Å². The summed E-state index contributed by atoms with van der Waals surface area (Å²) < 4.78 is 0. The van der Waals surface area contributed by atoms with E-state index in [-0.39, 0.29) is 0 Å². The fourth-order valence-corrected chi connectivity index (χ4v) is 2.76. The number of hydrogen-bond donors (Lipinski definition) is 1. The number of anilines is 1. The van der Waals surface area contributed by atoms with Crippen molar-refractivity contribution >= 4 is 28.2 Å². The molecule has 0 bridgehead atoms. The molecular weight excluding hydrogens is 256 g/mol. The number of pyridine rings is 1. The zero-order chi connectivity index (χ0) is 14.2. The van der Waals surface area contributed by atoms with Crippen molar-refractivity contribution in [3.63, 3.8) is 0 Å². The van der Waals surface area contributed by atoms with Gasteiger partial charge < -0.3 is 5.32 Å². The average molecular weight is 277 g/mol. The molecule has 0 atom stereocenters. The Morgan fingerprint density at radius 3 is 2.53 bits per heavy atom. The van der Waals surface area contributed by atoms with Crippen LogP contribution in [0.2, 0.25) is 5.02 Å². The molecule has 2 rings (SSSR count). The number of fused-ring (bicyclic) bond motifs is 1. The number of benzene rings is 1. The molecule has 19 heavy (non-hydrogen) atoms. The molecule has 2 nitrogen and oxygen atoms in total. The van der Waals surface area contributed by atoms with Crippen LogP contribution in [0.3, 0.4) is 0 Å². The van der Waals surface area contributed by atoms with Gasteiger partial charge in [-0.25, -0.2) is 0 Å². The molecule has 3 heteroatoms. The van der Waals surface area contributed by atoms with Crippen LogP contribution in [-0.4, -0.2) is 11.5 Å². The molecule has 102 valence electrons. The van der Waals surface area contributed by atoms with Crippen molar-refractivity contribution in [2.45, 2.75) is 40.5 Å². The number of halogens is 1. The predicted molar refractivity (Wildman–Crippen MR) is 84.5 cm³/mol. The Morgan fingerprint density at radius 2 is 1.95 bits per heavy atom. The molecule has 0 saturated carbocycles. The molecule has 1 aromatic heterocycles. The molecule has 0 fully saturated rings. The summed E-state index contributed by atoms with van der Waals surface area (Å²) in [6.45, 7) is 11.5. The molecule has 0 spiro atoms. The molecule has 2 aromatic rings. The maximum absolute atomic E-state index is 6.21. The minimum atomic E-state index is 0.446. The number of nitrogens with one attached hydrogen (secondary N) is 1. The van der Waals surface area contributed by atoms with Gasteiger partial charge >= 0.3 is 0 Å². The van der Waals surface area contributed by atoms with Crippen LogP contribution in [0.4, 0.5) is 5.69 Å². The zero-order valence-electron chi connectivity index (χ0n) is 12.3. The van der Waals surface area contributed by atoms with Gasteiger partial charge in [0.2, 0.25) is 0 Å². The van der Waals surface area contributed by atoms with Gasteiger partial charge in [0.25, 0.3) is 0 Å². The third-order valence-electron chi connectivity index (χ3n) is 3.42. The van der Waals surface area contributed by atoms with Crippen LogP contribution < -0.4 is 5.32 Å². The second-order valence-corrected chi connectivity index (χ2v) is 5.70. The predicted octanol–water partition coefficient (Wildman–Crippen LogP) is 5.06. The van der Waals surface area contributed by atoms with Crippen molar-refractivity contribution in [2.75, 3.05) is 11.9 Å². The quantitative estimate of drug-likeness (QED) is 0.847. The fraction of sp³-hybridized carbons (Fsp3) is 0.438. The SMILES string of the molecule is CCNc1c(C(C)C)c(C)nc2cc(Cl)c(C)cc12. The Bertz CT molecular complexity index is 618. The van der Waals surface area contributed by atoms with Crippen molar-refractivity contribution < 1.29 is 0 Å². The summed E-state index contributed by atoms with van der Waals surface area (Å²) in [4.78, 5) is 4.72. The Balaban J connectivity index is 2.85. The lowest BCUT2D eigenvalue weighted by atomic mass is 9.96. The maximum atomic E-state index is 6.21. The van der Waals surface area contributed by atoms with E-state index in [1.165, 1.54) is 11.3 Å². The van der Waals surface area contributed by atoms with E-state index in [2.05, 4.69) is 39.1 Å². The van der Waals surface area contributed by atoms with E-state index >= 15 is 0 Å². The summed E-state index contributed by atoms with van der Waals surface area (Å²) in [5, 5.41) is 5.45. The van der Waals surface area contributed by atoms with Gasteiger partial charge in [0.15, 0.2) is 0 Å². The van der Waals surface area contributed by atoms with Crippen LogP contribution in [0.1, 0.15) is 43.5 Å². The van der Waals surface area contributed by atoms with E-state index in [9.17, 15) is 0 Å². The number of aromatic nitrogens is 1. The monoisotopic (exact) mass is 276 g/mol. The Hall–Kier alpha value is -1.28. The minimum absolute atomic E-state index is 0.446. The molecule has 0 amide bonds. The number of rotatable bonds is 3. The van der Waals surface area contributed by atoms with Gasteiger partial charge in [-0.3, -0.25) is 4.98 Å². The van der Waals surface area contributed by atoms with E-state index in [0.29, 0.717) is 5.92 Å². The Morgan fingerprint density at radius 1 is 1.26 bits per heavy atom. The van der Waals surface area contributed by atoms with Crippen molar-refractivity contribution in [1.29, 1.82) is 0 Å². The van der Waals surface area contributed by atoms with Gasteiger partial charge in [-0.2, -0.15) is 0 Å². The maximum Gasteiger partial charge on any atom is 0.0741 e. The van der Waals surface area contributed by atoms with Crippen LogP contribution in [0, 0.1) is 13.8 Å². The third kappa shape index (κ3) is 2.55. The van der Waals surface area contributed by atoms with Crippen LogP contribution >= 0.6 is 11.6 Å². The highest BCUT2D eigenvalue weighted by Crippen LogP contribution is 2.35. The fourth-order valence-electron chi connectivity index (χ4n) is 2.60. The molecule has 1 aromatic carbocycles. The molecule has 0 aliphatic carbocycles. The van der Waals surface area contributed by atoms with E-state index in [1.807, 2.05) is 13.0 Å². The Labute approximate surface area is 120 Å². The van der Waals surface area contributed by atoms with Crippen molar-refractivity contribution in [2.24, 2.45) is 0 Å². The summed E-state index contributed by atoms with van der Waals surface area (Å²) >= 11 is 6.21. The van der Waals surface area contributed by atoms with Gasteiger partial charge in [0.05, 0.1) is 5.52 Å². The standard InChI is InChI=1S/C16H21ClN2/c1-6-18-16-12-7-10(4)13(17)8-14(12)19-11(5)15(16)9(2)3/h7-9H,6H2,1-5H3,(H,18,19). The van der Waals surface area contributed by atoms with Gasteiger partial charge in [0, 0.05) is 28.3 Å². The Kier molecular flexibility index (Phi) is 4.00. The lowest BCUT2D eigenvalue weighted by molar-refractivity contribution is 0.848. The molecule has 0 aliphatic heterocycles. The number of hydrogen-bond acceptors (Lipinski definition) is 2. The summed E-state index contributed by atoms with van der Waals surface area (Å²) in [6, 6.07) is 4.10. The van der Waals surface area contributed by atoms with Crippen LogP contribution in [0.25, 0.3) is 10.9 Å². The van der Waals surface area contributed by atoms with Crippen molar-refractivity contribution in [1.82, 2.24) is 4.98 Å². The normalized spacial score (nSPS) is 11.3. The first-order valence-corrected chi connectivity index (χ1v) is 7.17. The minimum Gasteiger partial charge on any atom is -0.384 e. The smallest absolute Gasteiger partial charge is 0.0741 e. The van der Waals surface area contributed by atoms with E-state index < -0.39 is 0 Å².